The van der Waals surface area contributed by atoms with Crippen LogP contribution < -0.4 is 19.5 Å². The van der Waals surface area contributed by atoms with Crippen molar-refractivity contribution in [1.29, 1.82) is 0 Å². The number of ether oxygens (including phenoxy) is 3. The fourth-order valence-electron chi connectivity index (χ4n) is 4.35. The van der Waals surface area contributed by atoms with E-state index in [4.69, 9.17) is 19.2 Å². The maximum Gasteiger partial charge on any atom is 0.252 e. The van der Waals surface area contributed by atoms with Crippen LogP contribution in [0.4, 0.5) is 0 Å². The molecule has 1 amide bonds. The van der Waals surface area contributed by atoms with Crippen LogP contribution in [-0.2, 0) is 13.6 Å². The average molecular weight is 483 g/mol. The predicted octanol–water partition coefficient (Wildman–Crippen LogP) is 4.74. The Morgan fingerprint density at radius 2 is 1.53 bits per heavy atom. The number of carbonyl (C=O) groups is 1. The molecular weight excluding hydrogens is 456 g/mol. The van der Waals surface area contributed by atoms with Gasteiger partial charge in [0.05, 0.1) is 55.7 Å². The van der Waals surface area contributed by atoms with E-state index in [-0.39, 0.29) is 5.91 Å². The van der Waals surface area contributed by atoms with Gasteiger partial charge in [-0.2, -0.15) is 0 Å². The van der Waals surface area contributed by atoms with E-state index in [0.717, 1.165) is 27.8 Å². The largest absolute Gasteiger partial charge is 0.493 e. The van der Waals surface area contributed by atoms with Crippen LogP contribution in [0.1, 0.15) is 16.2 Å². The lowest BCUT2D eigenvalue weighted by atomic mass is 10.0. The number of imidazole rings is 1. The number of aryl methyl sites for hydroxylation is 1. The molecule has 36 heavy (non-hydrogen) atoms. The van der Waals surface area contributed by atoms with Gasteiger partial charge in [-0.1, -0.05) is 30.3 Å². The first kappa shape index (κ1) is 23.2. The van der Waals surface area contributed by atoms with Gasteiger partial charge in [0, 0.05) is 18.0 Å². The number of aromatic nitrogens is 3. The molecule has 0 bridgehead atoms. The molecule has 5 rings (SSSR count). The zero-order valence-electron chi connectivity index (χ0n) is 20.5. The van der Waals surface area contributed by atoms with Gasteiger partial charge in [0.15, 0.2) is 11.5 Å². The number of benzene rings is 3. The molecular formula is C28H26N4O4. The molecule has 2 heterocycles. The fourth-order valence-corrected chi connectivity index (χ4v) is 4.35. The zero-order chi connectivity index (χ0) is 25.2. The maximum absolute atomic E-state index is 13.4. The van der Waals surface area contributed by atoms with Crippen LogP contribution in [-0.4, -0.2) is 41.8 Å². The van der Waals surface area contributed by atoms with Crippen molar-refractivity contribution in [2.75, 3.05) is 21.3 Å². The van der Waals surface area contributed by atoms with Crippen LogP contribution in [0.25, 0.3) is 33.2 Å². The highest BCUT2D eigenvalue weighted by molar-refractivity contribution is 6.07. The van der Waals surface area contributed by atoms with Gasteiger partial charge in [-0.15, -0.1) is 0 Å². The monoisotopic (exact) mass is 482 g/mol. The Labute approximate surface area is 208 Å². The minimum atomic E-state index is -0.214. The first-order valence-corrected chi connectivity index (χ1v) is 11.4. The SMILES string of the molecule is COc1cc(-c2cc(C(=O)NCc3nc4ccccc4n3C)c3ccccc3n2)cc(OC)c1OC. The van der Waals surface area contributed by atoms with Crippen molar-refractivity contribution < 1.29 is 19.0 Å². The topological polar surface area (TPSA) is 87.5 Å². The molecule has 182 valence electrons. The molecule has 0 fully saturated rings. The minimum absolute atomic E-state index is 0.214. The highest BCUT2D eigenvalue weighted by atomic mass is 16.5. The lowest BCUT2D eigenvalue weighted by Gasteiger charge is -2.15. The molecule has 0 aliphatic carbocycles. The van der Waals surface area contributed by atoms with Crippen molar-refractivity contribution in [2.24, 2.45) is 7.05 Å². The Kier molecular flexibility index (Phi) is 6.16. The van der Waals surface area contributed by atoms with E-state index in [1.165, 1.54) is 0 Å². The van der Waals surface area contributed by atoms with E-state index >= 15 is 0 Å². The van der Waals surface area contributed by atoms with E-state index in [0.29, 0.717) is 40.6 Å². The molecule has 5 aromatic rings. The fraction of sp³-hybridized carbons (Fsp3) is 0.179. The molecule has 3 aromatic carbocycles. The van der Waals surface area contributed by atoms with E-state index in [1.54, 1.807) is 27.4 Å². The number of nitrogens with zero attached hydrogens (tertiary/aromatic N) is 3. The number of methoxy groups -OCH3 is 3. The van der Waals surface area contributed by atoms with E-state index in [1.807, 2.05) is 72.3 Å². The van der Waals surface area contributed by atoms with Gasteiger partial charge >= 0.3 is 0 Å². The summed E-state index contributed by atoms with van der Waals surface area (Å²) in [5.41, 5.74) is 4.48. The molecule has 0 radical (unpaired) electrons. The molecule has 0 aliphatic rings. The third kappa shape index (κ3) is 4.07. The molecule has 1 N–H and O–H groups in total. The smallest absolute Gasteiger partial charge is 0.252 e. The summed E-state index contributed by atoms with van der Waals surface area (Å²) in [5.74, 6) is 2.07. The molecule has 0 saturated heterocycles. The molecule has 2 aromatic heterocycles. The number of pyridine rings is 1. The van der Waals surface area contributed by atoms with Crippen molar-refractivity contribution in [1.82, 2.24) is 19.9 Å². The standard InChI is InChI=1S/C28H26N4O4/c1-32-23-12-8-7-11-21(23)31-26(32)16-29-28(33)19-15-22(30-20-10-6-5-9-18(19)20)17-13-24(34-2)27(36-4)25(14-17)35-3/h5-15H,16H2,1-4H3,(H,29,33). The van der Waals surface area contributed by atoms with E-state index in [2.05, 4.69) is 10.3 Å². The summed E-state index contributed by atoms with van der Waals surface area (Å²) < 4.78 is 18.4. The lowest BCUT2D eigenvalue weighted by Crippen LogP contribution is -2.24. The third-order valence-corrected chi connectivity index (χ3v) is 6.21. The van der Waals surface area contributed by atoms with Crippen LogP contribution in [0.3, 0.4) is 0 Å². The van der Waals surface area contributed by atoms with Gasteiger partial charge in [0.1, 0.15) is 5.82 Å². The number of amides is 1. The van der Waals surface area contributed by atoms with Gasteiger partial charge in [0.2, 0.25) is 5.75 Å². The summed E-state index contributed by atoms with van der Waals surface area (Å²) in [7, 11) is 6.63. The summed E-state index contributed by atoms with van der Waals surface area (Å²) in [4.78, 5) is 22.9. The highest BCUT2D eigenvalue weighted by Gasteiger charge is 2.19. The molecule has 0 saturated carbocycles. The second kappa shape index (κ2) is 9.58. The second-order valence-corrected chi connectivity index (χ2v) is 8.24. The van der Waals surface area contributed by atoms with Crippen LogP contribution in [0.5, 0.6) is 17.2 Å². The van der Waals surface area contributed by atoms with Crippen molar-refractivity contribution >= 4 is 27.8 Å². The number of hydrogen-bond donors (Lipinski definition) is 1. The number of carbonyl (C=O) groups excluding carboxylic acids is 1. The van der Waals surface area contributed by atoms with Crippen LogP contribution in [0.2, 0.25) is 0 Å². The quantitative estimate of drug-likeness (QED) is 0.360. The number of para-hydroxylation sites is 3. The van der Waals surface area contributed by atoms with Crippen molar-refractivity contribution in [3.63, 3.8) is 0 Å². The number of rotatable bonds is 7. The van der Waals surface area contributed by atoms with E-state index in [9.17, 15) is 4.79 Å². The molecule has 0 aliphatic heterocycles. The van der Waals surface area contributed by atoms with Crippen molar-refractivity contribution in [3.05, 3.63) is 78.1 Å². The average Bonchev–Trinajstić information content (AvgIpc) is 3.25. The predicted molar refractivity (Wildman–Crippen MR) is 139 cm³/mol. The summed E-state index contributed by atoms with van der Waals surface area (Å²) in [6.45, 7) is 0.292. The Morgan fingerprint density at radius 1 is 0.861 bits per heavy atom. The summed E-state index contributed by atoms with van der Waals surface area (Å²) in [5, 5.41) is 3.79. The van der Waals surface area contributed by atoms with Crippen LogP contribution in [0.15, 0.2) is 66.7 Å². The van der Waals surface area contributed by atoms with Gasteiger partial charge in [0.25, 0.3) is 5.91 Å². The second-order valence-electron chi connectivity index (χ2n) is 8.24. The van der Waals surface area contributed by atoms with Crippen LogP contribution >= 0.6 is 0 Å². The first-order valence-electron chi connectivity index (χ1n) is 11.4. The maximum atomic E-state index is 13.4. The molecule has 8 heteroatoms. The number of hydrogen-bond acceptors (Lipinski definition) is 6. The van der Waals surface area contributed by atoms with Gasteiger partial charge in [-0.25, -0.2) is 9.97 Å². The summed E-state index contributed by atoms with van der Waals surface area (Å²) in [6.07, 6.45) is 0. The molecule has 8 nitrogen and oxygen atoms in total. The van der Waals surface area contributed by atoms with Gasteiger partial charge in [-0.05, 0) is 36.4 Å². The molecule has 0 spiro atoms. The van der Waals surface area contributed by atoms with Gasteiger partial charge < -0.3 is 24.1 Å². The third-order valence-electron chi connectivity index (χ3n) is 6.21. The Balaban J connectivity index is 1.54. The van der Waals surface area contributed by atoms with E-state index < -0.39 is 0 Å². The summed E-state index contributed by atoms with van der Waals surface area (Å²) >= 11 is 0. The zero-order valence-corrected chi connectivity index (χ0v) is 20.5. The van der Waals surface area contributed by atoms with Crippen molar-refractivity contribution in [3.8, 4) is 28.5 Å². The Hall–Kier alpha value is -4.59. The Bertz CT molecular complexity index is 1570. The van der Waals surface area contributed by atoms with Crippen molar-refractivity contribution in [2.45, 2.75) is 6.54 Å². The number of fused-ring (bicyclic) bond motifs is 2. The molecule has 0 unspecified atom stereocenters. The first-order chi connectivity index (χ1) is 17.5. The molecule has 0 atom stereocenters. The number of nitrogens with one attached hydrogen (secondary N) is 1. The lowest BCUT2D eigenvalue weighted by molar-refractivity contribution is 0.0951. The summed E-state index contributed by atoms with van der Waals surface area (Å²) in [6, 6.07) is 20.9. The van der Waals surface area contributed by atoms with Gasteiger partial charge in [-0.3, -0.25) is 4.79 Å². The highest BCUT2D eigenvalue weighted by Crippen LogP contribution is 2.41. The van der Waals surface area contributed by atoms with Crippen LogP contribution in [0, 0.1) is 0 Å². The minimum Gasteiger partial charge on any atom is -0.493 e. The Morgan fingerprint density at radius 3 is 2.19 bits per heavy atom. The normalized spacial score (nSPS) is 11.0.